The number of fused-ring (bicyclic) bond motifs is 8. The average Bonchev–Trinajstić information content (AvgIpc) is 3.83. The molecule has 0 fully saturated rings. The van der Waals surface area contributed by atoms with E-state index in [9.17, 15) is 19.5 Å². The van der Waals surface area contributed by atoms with Gasteiger partial charge in [0.25, 0.3) is 11.8 Å². The van der Waals surface area contributed by atoms with Gasteiger partial charge in [0.05, 0.1) is 26.9 Å². The first kappa shape index (κ1) is 45.8. The van der Waals surface area contributed by atoms with Crippen LogP contribution >= 0.6 is 0 Å². The van der Waals surface area contributed by atoms with Gasteiger partial charge in [0.15, 0.2) is 11.5 Å². The molecular formula is C55H61N3O9. The maximum atomic E-state index is 14.2. The number of amides is 2. The summed E-state index contributed by atoms with van der Waals surface area (Å²) in [4.78, 5) is 46.0. The van der Waals surface area contributed by atoms with E-state index in [1.54, 1.807) is 7.11 Å². The van der Waals surface area contributed by atoms with Gasteiger partial charge in [-0.25, -0.2) is 0 Å². The van der Waals surface area contributed by atoms with Gasteiger partial charge in [0.2, 0.25) is 0 Å². The number of carboxylic acids is 1. The molecule has 0 saturated heterocycles. The van der Waals surface area contributed by atoms with Crippen molar-refractivity contribution in [2.45, 2.75) is 96.9 Å². The predicted octanol–water partition coefficient (Wildman–Crippen LogP) is 9.31. The second-order valence-corrected chi connectivity index (χ2v) is 18.1. The van der Waals surface area contributed by atoms with Gasteiger partial charge in [-0.05, 0) is 152 Å². The summed E-state index contributed by atoms with van der Waals surface area (Å²) in [5, 5.41) is 9.55. The van der Waals surface area contributed by atoms with Gasteiger partial charge >= 0.3 is 5.97 Å². The lowest BCUT2D eigenvalue weighted by atomic mass is 9.98. The number of carbonyl (C=O) groups is 3. The first-order valence-corrected chi connectivity index (χ1v) is 23.9. The zero-order chi connectivity index (χ0) is 46.4. The normalized spacial score (nSPS) is 16.8. The minimum Gasteiger partial charge on any atom is -0.493 e. The summed E-state index contributed by atoms with van der Waals surface area (Å²) >= 11 is 0. The van der Waals surface area contributed by atoms with Crippen LogP contribution in [0.1, 0.15) is 98.7 Å². The summed E-state index contributed by atoms with van der Waals surface area (Å²) in [5.41, 5.74) is 11.2. The summed E-state index contributed by atoms with van der Waals surface area (Å²) in [6, 6.07) is 30.6. The van der Waals surface area contributed by atoms with Crippen LogP contribution in [0.3, 0.4) is 0 Å². The van der Waals surface area contributed by atoms with Crippen LogP contribution < -0.4 is 28.9 Å². The molecule has 2 amide bonds. The Hall–Kier alpha value is -6.37. The lowest BCUT2D eigenvalue weighted by Gasteiger charge is -2.26. The molecule has 0 saturated carbocycles. The fraction of sp³-hybridized carbons (Fsp3) is 0.400. The molecule has 1 N–H and O–H groups in total. The maximum Gasteiger partial charge on any atom is 0.303 e. The zero-order valence-corrected chi connectivity index (χ0v) is 38.9. The highest BCUT2D eigenvalue weighted by atomic mass is 16.5. The number of para-hydroxylation sites is 2. The number of benzene rings is 5. The number of hydrogen-bond acceptors (Lipinski definition) is 9. The first-order valence-electron chi connectivity index (χ1n) is 23.9. The number of carbonyl (C=O) groups excluding carboxylic acids is 2. The Bertz CT molecular complexity index is 2630. The molecule has 0 unspecified atom stereocenters. The Morgan fingerprint density at radius 2 is 1.24 bits per heavy atom. The third kappa shape index (κ3) is 10.0. The summed E-state index contributed by atoms with van der Waals surface area (Å²) < 4.78 is 30.7. The van der Waals surface area contributed by atoms with Crippen LogP contribution in [-0.2, 0) is 53.2 Å². The van der Waals surface area contributed by atoms with Crippen molar-refractivity contribution in [3.05, 3.63) is 141 Å². The van der Waals surface area contributed by atoms with Gasteiger partial charge in [-0.15, -0.1) is 0 Å². The Morgan fingerprint density at radius 1 is 0.672 bits per heavy atom. The quantitative estimate of drug-likeness (QED) is 0.0756. The minimum atomic E-state index is -0.842. The molecule has 350 valence electrons. The number of rotatable bonds is 20. The van der Waals surface area contributed by atoms with Crippen LogP contribution in [0.2, 0.25) is 0 Å². The summed E-state index contributed by atoms with van der Waals surface area (Å²) in [5.74, 6) is 0.935. The van der Waals surface area contributed by atoms with Crippen LogP contribution in [0.15, 0.2) is 91.0 Å². The molecule has 0 bridgehead atoms. The summed E-state index contributed by atoms with van der Waals surface area (Å²) in [6.45, 7) is 7.63. The van der Waals surface area contributed by atoms with Crippen LogP contribution in [0.4, 0.5) is 17.1 Å². The number of aryl methyl sites for hydroxylation is 3. The van der Waals surface area contributed by atoms with Crippen molar-refractivity contribution >= 4 is 34.8 Å². The largest absolute Gasteiger partial charge is 0.493 e. The van der Waals surface area contributed by atoms with Crippen LogP contribution in [0, 0.1) is 6.92 Å². The van der Waals surface area contributed by atoms with Crippen molar-refractivity contribution < 1.29 is 43.2 Å². The van der Waals surface area contributed by atoms with E-state index in [2.05, 4.69) is 42.2 Å². The topological polar surface area (TPSA) is 127 Å². The van der Waals surface area contributed by atoms with Crippen LogP contribution in [0.25, 0.3) is 0 Å². The SMILES string of the molecule is CCCOCCOCCN(CCCC(=O)O)c1cc(COc2cc3c(cc2C)C(=O)N2c4ccccc4C[C@H]2CC3)cc(COc2cc3c(cc2OC)C(=O)N2c4ccccc4C[C@H]2CC3)c1. The number of ether oxygens (including phenoxy) is 5. The van der Waals surface area contributed by atoms with Crippen molar-refractivity contribution in [3.63, 3.8) is 0 Å². The molecule has 5 aromatic rings. The Morgan fingerprint density at radius 3 is 1.84 bits per heavy atom. The molecule has 67 heavy (non-hydrogen) atoms. The second-order valence-electron chi connectivity index (χ2n) is 18.1. The molecule has 0 radical (unpaired) electrons. The molecule has 4 aliphatic heterocycles. The number of hydrogen-bond donors (Lipinski definition) is 1. The van der Waals surface area contributed by atoms with Crippen molar-refractivity contribution in [2.24, 2.45) is 0 Å². The van der Waals surface area contributed by atoms with Gasteiger partial charge in [-0.3, -0.25) is 14.4 Å². The summed E-state index contributed by atoms with van der Waals surface area (Å²) in [6.07, 6.45) is 6.34. The van der Waals surface area contributed by atoms with Crippen LogP contribution in [-0.4, -0.2) is 81.6 Å². The highest BCUT2D eigenvalue weighted by Crippen LogP contribution is 2.42. The molecule has 2 atom stereocenters. The Balaban J connectivity index is 0.975. The lowest BCUT2D eigenvalue weighted by Crippen LogP contribution is -2.36. The molecule has 0 aromatic heterocycles. The Labute approximate surface area is 393 Å². The fourth-order valence-electron chi connectivity index (χ4n) is 10.3. The van der Waals surface area contributed by atoms with E-state index in [-0.39, 0.29) is 43.5 Å². The number of carboxylic acid groups (broad SMARTS) is 1. The fourth-order valence-corrected chi connectivity index (χ4v) is 10.3. The molecule has 12 heteroatoms. The van der Waals surface area contributed by atoms with E-state index < -0.39 is 5.97 Å². The number of aliphatic carboxylic acids is 1. The zero-order valence-electron chi connectivity index (χ0n) is 38.9. The Kier molecular flexibility index (Phi) is 14.1. The molecule has 0 aliphatic carbocycles. The third-order valence-electron chi connectivity index (χ3n) is 13.6. The first-order chi connectivity index (χ1) is 32.7. The minimum absolute atomic E-state index is 0.0208. The highest BCUT2D eigenvalue weighted by molar-refractivity contribution is 6.10. The number of anilines is 3. The number of methoxy groups -OCH3 is 1. The van der Waals surface area contributed by atoms with Gasteiger partial charge in [0.1, 0.15) is 19.0 Å². The monoisotopic (exact) mass is 907 g/mol. The van der Waals surface area contributed by atoms with E-state index >= 15 is 0 Å². The van der Waals surface area contributed by atoms with Crippen molar-refractivity contribution in [1.29, 1.82) is 0 Å². The molecule has 5 aromatic carbocycles. The van der Waals surface area contributed by atoms with E-state index in [1.165, 1.54) is 11.1 Å². The number of nitrogens with zero attached hydrogens (tertiary/aromatic N) is 3. The second kappa shape index (κ2) is 20.7. The van der Waals surface area contributed by atoms with Gasteiger partial charge in [0, 0.05) is 66.4 Å². The van der Waals surface area contributed by atoms with E-state index in [0.29, 0.717) is 63.0 Å². The highest BCUT2D eigenvalue weighted by Gasteiger charge is 2.39. The standard InChI is InChI=1S/C55H61N3O9/c1-4-21-64-23-24-65-22-20-56(19-9-14-53(59)60)45-27-37(34-66-50-31-39-15-17-43-29-41-10-5-7-12-48(41)57(43)54(61)46(39)25-36(50)2)26-38(28-45)35-67-52-32-40-16-18-44-30-42-11-6-8-13-49(42)58(44)55(62)47(40)33-51(52)63-3/h5-8,10-13,25-28,31-33,43-44H,4,9,14-24,29-30,34-35H2,1-3H3,(H,59,60)/t43-,44-/m1/s1. The maximum absolute atomic E-state index is 14.2. The van der Waals surface area contributed by atoms with Crippen LogP contribution in [0.5, 0.6) is 17.2 Å². The van der Waals surface area contributed by atoms with E-state index in [4.69, 9.17) is 23.7 Å². The summed E-state index contributed by atoms with van der Waals surface area (Å²) in [7, 11) is 1.59. The van der Waals surface area contributed by atoms with E-state index in [0.717, 1.165) is 101 Å². The third-order valence-corrected chi connectivity index (χ3v) is 13.6. The van der Waals surface area contributed by atoms with Gasteiger partial charge < -0.3 is 43.5 Å². The smallest absolute Gasteiger partial charge is 0.303 e. The average molecular weight is 908 g/mol. The van der Waals surface area contributed by atoms with Crippen molar-refractivity contribution in [2.75, 3.05) is 61.3 Å². The van der Waals surface area contributed by atoms with Gasteiger partial charge in [-0.2, -0.15) is 0 Å². The van der Waals surface area contributed by atoms with Crippen molar-refractivity contribution in [1.82, 2.24) is 0 Å². The van der Waals surface area contributed by atoms with Crippen molar-refractivity contribution in [3.8, 4) is 17.2 Å². The predicted molar refractivity (Wildman–Crippen MR) is 258 cm³/mol. The molecule has 4 heterocycles. The van der Waals surface area contributed by atoms with E-state index in [1.807, 2.05) is 77.4 Å². The lowest BCUT2D eigenvalue weighted by molar-refractivity contribution is -0.137. The molecule has 0 spiro atoms. The molecule has 4 aliphatic rings. The molecular weight excluding hydrogens is 847 g/mol. The van der Waals surface area contributed by atoms with Gasteiger partial charge in [-0.1, -0.05) is 43.3 Å². The molecule has 9 rings (SSSR count). The molecule has 12 nitrogen and oxygen atoms in total.